The molecule has 0 bridgehead atoms. The van der Waals surface area contributed by atoms with Gasteiger partial charge in [-0.2, -0.15) is 5.10 Å². The molecule has 1 amide bonds. The molecule has 0 aliphatic rings. The largest absolute Gasteiger partial charge is 0.478 e. The molecule has 2 rings (SSSR count). The van der Waals surface area contributed by atoms with Crippen LogP contribution in [0, 0.1) is 0 Å². The number of pyridine rings is 1. The Morgan fingerprint density at radius 1 is 1.17 bits per heavy atom. The van der Waals surface area contributed by atoms with Crippen molar-refractivity contribution in [1.82, 2.24) is 15.2 Å². The Morgan fingerprint density at radius 3 is 2.61 bits per heavy atom. The third-order valence-corrected chi connectivity index (χ3v) is 2.07. The second kappa shape index (κ2) is 5.00. The lowest BCUT2D eigenvalue weighted by Crippen LogP contribution is -2.18. The van der Waals surface area contributed by atoms with Crippen LogP contribution in [0.4, 0.5) is 5.82 Å². The van der Waals surface area contributed by atoms with E-state index in [0.29, 0.717) is 0 Å². The third kappa shape index (κ3) is 2.46. The topological polar surface area (TPSA) is 105 Å². The Labute approximate surface area is 102 Å². The van der Waals surface area contributed by atoms with Gasteiger partial charge in [0.15, 0.2) is 5.82 Å². The first-order valence-electron chi connectivity index (χ1n) is 4.96. The van der Waals surface area contributed by atoms with E-state index >= 15 is 0 Å². The fourth-order valence-corrected chi connectivity index (χ4v) is 1.30. The van der Waals surface area contributed by atoms with Crippen molar-refractivity contribution in [2.75, 3.05) is 5.32 Å². The van der Waals surface area contributed by atoms with Crippen molar-refractivity contribution >= 4 is 17.7 Å². The molecule has 0 aliphatic carbocycles. The number of carbonyl (C=O) groups excluding carboxylic acids is 1. The number of rotatable bonds is 3. The van der Waals surface area contributed by atoms with Gasteiger partial charge in [-0.05, 0) is 24.3 Å². The molecular weight excluding hydrogens is 236 g/mol. The van der Waals surface area contributed by atoms with E-state index in [1.165, 1.54) is 30.6 Å². The molecule has 2 N–H and O–H groups in total. The van der Waals surface area contributed by atoms with Crippen molar-refractivity contribution in [1.29, 1.82) is 0 Å². The summed E-state index contributed by atoms with van der Waals surface area (Å²) in [5, 5.41) is 18.6. The molecule has 0 saturated carbocycles. The van der Waals surface area contributed by atoms with E-state index in [1.54, 1.807) is 6.07 Å². The summed E-state index contributed by atoms with van der Waals surface area (Å²) in [4.78, 5) is 26.5. The maximum atomic E-state index is 11.8. The highest BCUT2D eigenvalue weighted by Crippen LogP contribution is 2.08. The lowest BCUT2D eigenvalue weighted by molar-refractivity contribution is 0.0691. The molecule has 18 heavy (non-hydrogen) atoms. The van der Waals surface area contributed by atoms with Gasteiger partial charge in [0.1, 0.15) is 5.69 Å². The fourth-order valence-electron chi connectivity index (χ4n) is 1.30. The minimum atomic E-state index is -1.22. The van der Waals surface area contributed by atoms with Crippen molar-refractivity contribution in [3.8, 4) is 0 Å². The van der Waals surface area contributed by atoms with Gasteiger partial charge in [-0.3, -0.25) is 9.78 Å². The SMILES string of the molecule is O=C(O)c1cccnc1C(=O)Nc1cccnn1. The van der Waals surface area contributed by atoms with Crippen molar-refractivity contribution in [2.24, 2.45) is 0 Å². The zero-order valence-corrected chi connectivity index (χ0v) is 9.07. The molecule has 0 fully saturated rings. The lowest BCUT2D eigenvalue weighted by atomic mass is 10.2. The summed E-state index contributed by atoms with van der Waals surface area (Å²) in [6, 6.07) is 5.89. The lowest BCUT2D eigenvalue weighted by Gasteiger charge is -2.04. The van der Waals surface area contributed by atoms with Crippen molar-refractivity contribution in [2.45, 2.75) is 0 Å². The van der Waals surface area contributed by atoms with E-state index in [9.17, 15) is 9.59 Å². The highest BCUT2D eigenvalue weighted by molar-refractivity contribution is 6.08. The zero-order valence-electron chi connectivity index (χ0n) is 9.07. The number of hydrogen-bond acceptors (Lipinski definition) is 5. The van der Waals surface area contributed by atoms with Crippen LogP contribution in [0.1, 0.15) is 20.8 Å². The molecule has 90 valence electrons. The molecule has 0 aromatic carbocycles. The van der Waals surface area contributed by atoms with Crippen LogP contribution in [-0.4, -0.2) is 32.2 Å². The normalized spacial score (nSPS) is 9.78. The highest BCUT2D eigenvalue weighted by Gasteiger charge is 2.17. The number of aromatic nitrogens is 3. The summed E-state index contributed by atoms with van der Waals surface area (Å²) < 4.78 is 0. The number of nitrogens with zero attached hydrogens (tertiary/aromatic N) is 3. The maximum Gasteiger partial charge on any atom is 0.338 e. The average Bonchev–Trinajstić information content (AvgIpc) is 2.40. The number of anilines is 1. The number of carboxylic acid groups (broad SMARTS) is 1. The minimum absolute atomic E-state index is 0.168. The molecule has 0 spiro atoms. The molecule has 7 heteroatoms. The Bertz CT molecular complexity index is 586. The van der Waals surface area contributed by atoms with Gasteiger partial charge in [-0.15, -0.1) is 5.10 Å². The number of nitrogens with one attached hydrogen (secondary N) is 1. The summed E-state index contributed by atoms with van der Waals surface area (Å²) >= 11 is 0. The van der Waals surface area contributed by atoms with Gasteiger partial charge in [0.2, 0.25) is 0 Å². The Morgan fingerprint density at radius 2 is 1.94 bits per heavy atom. The van der Waals surface area contributed by atoms with Crippen LogP contribution in [0.5, 0.6) is 0 Å². The Hall–Kier alpha value is -2.83. The van der Waals surface area contributed by atoms with E-state index in [0.717, 1.165) is 0 Å². The molecule has 0 saturated heterocycles. The first-order valence-corrected chi connectivity index (χ1v) is 4.96. The third-order valence-electron chi connectivity index (χ3n) is 2.07. The van der Waals surface area contributed by atoms with Crippen LogP contribution >= 0.6 is 0 Å². The van der Waals surface area contributed by atoms with Gasteiger partial charge in [-0.1, -0.05) is 0 Å². The minimum Gasteiger partial charge on any atom is -0.478 e. The second-order valence-corrected chi connectivity index (χ2v) is 3.27. The molecule has 0 radical (unpaired) electrons. The Balaban J connectivity index is 2.27. The zero-order chi connectivity index (χ0) is 13.0. The van der Waals surface area contributed by atoms with E-state index < -0.39 is 11.9 Å². The number of aromatic carboxylic acids is 1. The van der Waals surface area contributed by atoms with Gasteiger partial charge in [0, 0.05) is 12.4 Å². The van der Waals surface area contributed by atoms with E-state index in [1.807, 2.05) is 0 Å². The summed E-state index contributed by atoms with van der Waals surface area (Å²) in [6.07, 6.45) is 2.80. The second-order valence-electron chi connectivity index (χ2n) is 3.27. The Kier molecular flexibility index (Phi) is 3.24. The van der Waals surface area contributed by atoms with E-state index in [4.69, 9.17) is 5.11 Å². The number of carbonyl (C=O) groups is 2. The molecule has 2 aromatic rings. The van der Waals surface area contributed by atoms with Crippen LogP contribution in [0.15, 0.2) is 36.7 Å². The molecule has 2 aromatic heterocycles. The summed E-state index contributed by atoms with van der Waals surface area (Å²) in [5.41, 5.74) is -0.338. The predicted molar refractivity (Wildman–Crippen MR) is 61.2 cm³/mol. The van der Waals surface area contributed by atoms with Gasteiger partial charge in [-0.25, -0.2) is 4.79 Å². The smallest absolute Gasteiger partial charge is 0.338 e. The molecule has 0 atom stereocenters. The first-order chi connectivity index (χ1) is 8.68. The quantitative estimate of drug-likeness (QED) is 0.828. The van der Waals surface area contributed by atoms with Gasteiger partial charge >= 0.3 is 5.97 Å². The number of amides is 1. The van der Waals surface area contributed by atoms with Crippen LogP contribution < -0.4 is 5.32 Å². The van der Waals surface area contributed by atoms with E-state index in [-0.39, 0.29) is 17.1 Å². The van der Waals surface area contributed by atoms with Crippen LogP contribution in [0.3, 0.4) is 0 Å². The van der Waals surface area contributed by atoms with Crippen LogP contribution in [0.2, 0.25) is 0 Å². The first kappa shape index (κ1) is 11.6. The predicted octanol–water partition coefficient (Wildman–Crippen LogP) is 0.822. The summed E-state index contributed by atoms with van der Waals surface area (Å²) in [5.74, 6) is -1.63. The van der Waals surface area contributed by atoms with Crippen molar-refractivity contribution in [3.63, 3.8) is 0 Å². The maximum absolute atomic E-state index is 11.8. The van der Waals surface area contributed by atoms with Gasteiger partial charge in [0.25, 0.3) is 5.91 Å². The fraction of sp³-hybridized carbons (Fsp3) is 0. The monoisotopic (exact) mass is 244 g/mol. The van der Waals surface area contributed by atoms with Crippen LogP contribution in [-0.2, 0) is 0 Å². The summed E-state index contributed by atoms with van der Waals surface area (Å²) in [7, 11) is 0. The van der Waals surface area contributed by atoms with Gasteiger partial charge in [0.05, 0.1) is 5.56 Å². The highest BCUT2D eigenvalue weighted by atomic mass is 16.4. The molecule has 7 nitrogen and oxygen atoms in total. The molecule has 0 unspecified atom stereocenters. The average molecular weight is 244 g/mol. The molecular formula is C11H8N4O3. The summed E-state index contributed by atoms with van der Waals surface area (Å²) in [6.45, 7) is 0. The van der Waals surface area contributed by atoms with Crippen molar-refractivity contribution in [3.05, 3.63) is 47.9 Å². The van der Waals surface area contributed by atoms with Crippen molar-refractivity contribution < 1.29 is 14.7 Å². The molecule has 0 aliphatic heterocycles. The number of carboxylic acids is 1. The van der Waals surface area contributed by atoms with Gasteiger partial charge < -0.3 is 10.4 Å². The van der Waals surface area contributed by atoms with Crippen LogP contribution in [0.25, 0.3) is 0 Å². The standard InChI is InChI=1S/C11H8N4O3/c16-10(14-8-4-2-6-13-15-8)9-7(11(17)18)3-1-5-12-9/h1-6H,(H,17,18)(H,14,15,16). The molecule has 2 heterocycles. The van der Waals surface area contributed by atoms with E-state index in [2.05, 4.69) is 20.5 Å². The number of hydrogen-bond donors (Lipinski definition) is 2.